The summed E-state index contributed by atoms with van der Waals surface area (Å²) < 4.78 is 3.66. The maximum atomic E-state index is 12.8. The van der Waals surface area contributed by atoms with E-state index in [1.807, 2.05) is 35.1 Å². The maximum absolute atomic E-state index is 12.8. The topological polar surface area (TPSA) is 67.6 Å². The number of nitrogens with zero attached hydrogens (tertiary/aromatic N) is 3. The Hall–Kier alpha value is -3.54. The molecule has 0 aliphatic rings. The number of anilines is 1. The van der Waals surface area contributed by atoms with Gasteiger partial charge in [-0.3, -0.25) is 14.2 Å². The van der Waals surface area contributed by atoms with Crippen molar-refractivity contribution in [2.24, 2.45) is 0 Å². The molecular formula is C25H29N5O. The van der Waals surface area contributed by atoms with Crippen molar-refractivity contribution in [2.45, 2.75) is 40.3 Å². The summed E-state index contributed by atoms with van der Waals surface area (Å²) in [6, 6.07) is 14.6. The number of rotatable bonds is 8. The molecule has 0 fully saturated rings. The first-order chi connectivity index (χ1) is 15.1. The third-order valence-electron chi connectivity index (χ3n) is 5.65. The van der Waals surface area contributed by atoms with Gasteiger partial charge in [-0.05, 0) is 51.0 Å². The van der Waals surface area contributed by atoms with Crippen LogP contribution in [-0.2, 0) is 13.1 Å². The number of nitrogens with one attached hydrogen (secondary N) is 2. The fourth-order valence-electron chi connectivity index (χ4n) is 4.14. The molecule has 0 aliphatic carbocycles. The van der Waals surface area contributed by atoms with E-state index in [-0.39, 0.29) is 5.69 Å². The fraction of sp³-hybridized carbons (Fsp3) is 0.280. The molecule has 0 saturated heterocycles. The fourth-order valence-corrected chi connectivity index (χ4v) is 4.14. The average molecular weight is 416 g/mol. The van der Waals surface area contributed by atoms with Crippen molar-refractivity contribution < 1.29 is 0 Å². The smallest absolute Gasteiger partial charge is 0.329 e. The molecule has 0 aliphatic heterocycles. The molecule has 0 bridgehead atoms. The quantitative estimate of drug-likeness (QED) is 0.307. The van der Waals surface area contributed by atoms with Crippen molar-refractivity contribution in [2.75, 3.05) is 11.9 Å². The summed E-state index contributed by atoms with van der Waals surface area (Å²) in [5.41, 5.74) is 7.20. The van der Waals surface area contributed by atoms with E-state index in [1.165, 1.54) is 5.56 Å². The Morgan fingerprint density at radius 1 is 1.06 bits per heavy atom. The lowest BCUT2D eigenvalue weighted by Crippen LogP contribution is -2.22. The number of H-pyrrole nitrogens is 1. The molecule has 0 saturated carbocycles. The molecule has 0 radical (unpaired) electrons. The third-order valence-corrected chi connectivity index (χ3v) is 5.65. The van der Waals surface area contributed by atoms with Gasteiger partial charge >= 0.3 is 5.69 Å². The molecular weight excluding hydrogens is 386 g/mol. The summed E-state index contributed by atoms with van der Waals surface area (Å²) in [7, 11) is 0. The van der Waals surface area contributed by atoms with Gasteiger partial charge in [-0.25, -0.2) is 4.79 Å². The molecule has 0 atom stereocenters. The van der Waals surface area contributed by atoms with E-state index in [1.54, 1.807) is 0 Å². The average Bonchev–Trinajstić information content (AvgIpc) is 3.31. The Morgan fingerprint density at radius 3 is 2.55 bits per heavy atom. The van der Waals surface area contributed by atoms with Gasteiger partial charge in [0.05, 0.1) is 22.3 Å². The number of aromatic nitrogens is 4. The van der Waals surface area contributed by atoms with Crippen molar-refractivity contribution in [3.63, 3.8) is 0 Å². The molecule has 4 aromatic rings. The van der Waals surface area contributed by atoms with Crippen molar-refractivity contribution >= 4 is 16.9 Å². The van der Waals surface area contributed by atoms with E-state index >= 15 is 0 Å². The van der Waals surface area contributed by atoms with Gasteiger partial charge < -0.3 is 5.32 Å². The van der Waals surface area contributed by atoms with Crippen LogP contribution in [0.3, 0.4) is 0 Å². The zero-order valence-electron chi connectivity index (χ0n) is 18.4. The minimum absolute atomic E-state index is 0.0348. The number of hydrogen-bond acceptors (Lipinski definition) is 3. The molecule has 0 unspecified atom stereocenters. The summed E-state index contributed by atoms with van der Waals surface area (Å²) in [5, 5.41) is 11.3. The van der Waals surface area contributed by atoms with Crippen molar-refractivity contribution in [1.82, 2.24) is 19.3 Å². The number of aryl methyl sites for hydroxylation is 3. The van der Waals surface area contributed by atoms with Crippen LogP contribution in [0.2, 0.25) is 0 Å². The molecule has 6 nitrogen and oxygen atoms in total. The first kappa shape index (κ1) is 20.7. The van der Waals surface area contributed by atoms with Crippen LogP contribution in [0.4, 0.5) is 5.82 Å². The zero-order valence-corrected chi connectivity index (χ0v) is 18.4. The van der Waals surface area contributed by atoms with Gasteiger partial charge in [-0.1, -0.05) is 35.9 Å². The lowest BCUT2D eigenvalue weighted by Gasteiger charge is -2.10. The predicted octanol–water partition coefficient (Wildman–Crippen LogP) is 5.20. The lowest BCUT2D eigenvalue weighted by atomic mass is 9.99. The number of hydrogen-bond donors (Lipinski definition) is 2. The minimum atomic E-state index is 0.0348. The van der Waals surface area contributed by atoms with Crippen molar-refractivity contribution in [3.8, 4) is 22.4 Å². The highest BCUT2D eigenvalue weighted by Crippen LogP contribution is 2.37. The standard InChI is InChI=1S/C25H29N5O/c1-5-8-14-26-24-22(23(27-28-24)19-11-9-10-17(4)15-19)18-12-13-20-21(16-18)30(7-3)25(31)29(20)6-2/h5,9-13,15-16H,1,6-8,14H2,2-4H3,(H2,26,27,28). The van der Waals surface area contributed by atoms with Gasteiger partial charge in [0.15, 0.2) is 5.82 Å². The van der Waals surface area contributed by atoms with Crippen LogP contribution in [0.1, 0.15) is 25.8 Å². The number of benzene rings is 2. The molecule has 31 heavy (non-hydrogen) atoms. The van der Waals surface area contributed by atoms with Crippen molar-refractivity contribution in [1.29, 1.82) is 0 Å². The summed E-state index contributed by atoms with van der Waals surface area (Å²) in [6.07, 6.45) is 2.74. The second kappa shape index (κ2) is 8.68. The Bertz CT molecular complexity index is 1290. The Labute approximate surface area is 182 Å². The molecule has 6 heteroatoms. The monoisotopic (exact) mass is 415 g/mol. The summed E-state index contributed by atoms with van der Waals surface area (Å²) in [5.74, 6) is 0.804. The molecule has 2 N–H and O–H groups in total. The van der Waals surface area contributed by atoms with E-state index in [2.05, 4.69) is 65.4 Å². The molecule has 2 heterocycles. The molecule has 4 rings (SSSR count). The van der Waals surface area contributed by atoms with Crippen LogP contribution in [0.15, 0.2) is 59.9 Å². The van der Waals surface area contributed by atoms with Gasteiger partial charge in [0, 0.05) is 25.2 Å². The van der Waals surface area contributed by atoms with E-state index in [4.69, 9.17) is 0 Å². The van der Waals surface area contributed by atoms with Crippen LogP contribution < -0.4 is 11.0 Å². The highest BCUT2D eigenvalue weighted by atomic mass is 16.1. The summed E-state index contributed by atoms with van der Waals surface area (Å²) >= 11 is 0. The largest absolute Gasteiger partial charge is 0.368 e. The zero-order chi connectivity index (χ0) is 22.0. The Morgan fingerprint density at radius 2 is 1.84 bits per heavy atom. The van der Waals surface area contributed by atoms with Gasteiger partial charge in [0.25, 0.3) is 0 Å². The third kappa shape index (κ3) is 3.69. The van der Waals surface area contributed by atoms with Gasteiger partial charge in [-0.15, -0.1) is 6.58 Å². The van der Waals surface area contributed by atoms with Crippen LogP contribution in [0.5, 0.6) is 0 Å². The second-order valence-electron chi connectivity index (χ2n) is 7.67. The first-order valence-corrected chi connectivity index (χ1v) is 10.8. The van der Waals surface area contributed by atoms with Crippen LogP contribution in [0, 0.1) is 6.92 Å². The maximum Gasteiger partial charge on any atom is 0.329 e. The number of imidazole rings is 1. The highest BCUT2D eigenvalue weighted by Gasteiger charge is 2.19. The summed E-state index contributed by atoms with van der Waals surface area (Å²) in [6.45, 7) is 11.9. The normalized spacial score (nSPS) is 11.2. The summed E-state index contributed by atoms with van der Waals surface area (Å²) in [4.78, 5) is 12.8. The molecule has 160 valence electrons. The molecule has 0 amide bonds. The van der Waals surface area contributed by atoms with Gasteiger partial charge in [-0.2, -0.15) is 5.10 Å². The molecule has 2 aromatic heterocycles. The molecule has 2 aromatic carbocycles. The number of fused-ring (bicyclic) bond motifs is 1. The van der Waals surface area contributed by atoms with E-state index in [0.29, 0.717) is 13.1 Å². The Kier molecular flexibility index (Phi) is 5.80. The predicted molar refractivity (Wildman–Crippen MR) is 129 cm³/mol. The SMILES string of the molecule is C=CCCNc1n[nH]c(-c2cccc(C)c2)c1-c1ccc2c(c1)n(CC)c(=O)n2CC. The van der Waals surface area contributed by atoms with E-state index < -0.39 is 0 Å². The first-order valence-electron chi connectivity index (χ1n) is 10.8. The second-order valence-corrected chi connectivity index (χ2v) is 7.67. The molecule has 0 spiro atoms. The van der Waals surface area contributed by atoms with Gasteiger partial charge in [0.1, 0.15) is 0 Å². The highest BCUT2D eigenvalue weighted by molar-refractivity contribution is 5.92. The van der Waals surface area contributed by atoms with E-state index in [0.717, 1.165) is 52.2 Å². The number of aromatic amines is 1. The van der Waals surface area contributed by atoms with Gasteiger partial charge in [0.2, 0.25) is 0 Å². The van der Waals surface area contributed by atoms with Crippen molar-refractivity contribution in [3.05, 3.63) is 71.2 Å². The van der Waals surface area contributed by atoms with Crippen LogP contribution >= 0.6 is 0 Å². The lowest BCUT2D eigenvalue weighted by molar-refractivity contribution is 0.671. The van der Waals surface area contributed by atoms with Crippen LogP contribution in [0.25, 0.3) is 33.4 Å². The van der Waals surface area contributed by atoms with E-state index in [9.17, 15) is 4.79 Å². The van der Waals surface area contributed by atoms with Crippen LogP contribution in [-0.4, -0.2) is 25.9 Å². The minimum Gasteiger partial charge on any atom is -0.368 e. The Balaban J connectivity index is 1.93.